The van der Waals surface area contributed by atoms with Gasteiger partial charge in [-0.2, -0.15) is 0 Å². The van der Waals surface area contributed by atoms with Gasteiger partial charge in [-0.25, -0.2) is 4.98 Å². The number of nitrogens with one attached hydrogen (secondary N) is 1. The lowest BCUT2D eigenvalue weighted by molar-refractivity contribution is 0.263. The first kappa shape index (κ1) is 16.8. The van der Waals surface area contributed by atoms with Crippen molar-refractivity contribution in [2.75, 3.05) is 25.0 Å². The van der Waals surface area contributed by atoms with Crippen molar-refractivity contribution in [1.29, 1.82) is 0 Å². The third-order valence-electron chi connectivity index (χ3n) is 4.42. The zero-order valence-corrected chi connectivity index (χ0v) is 15.5. The standard InChI is InChI=1S/C17H31N3S/c1-16(2,3)12-8-9-20(11-12)15-19-14(17(4,5)6)13(21-15)10-18-7/h12,18H,8-11H2,1-7H3. The van der Waals surface area contributed by atoms with Crippen LogP contribution in [0.1, 0.15) is 58.5 Å². The molecule has 0 aliphatic carbocycles. The summed E-state index contributed by atoms with van der Waals surface area (Å²) in [4.78, 5) is 8.89. The fourth-order valence-corrected chi connectivity index (χ4v) is 4.30. The fraction of sp³-hybridized carbons (Fsp3) is 0.824. The zero-order chi connectivity index (χ0) is 15.8. The molecule has 0 saturated carbocycles. The minimum absolute atomic E-state index is 0.115. The van der Waals surface area contributed by atoms with Crippen molar-refractivity contribution in [2.45, 2.75) is 59.9 Å². The highest BCUT2D eigenvalue weighted by atomic mass is 32.1. The van der Waals surface area contributed by atoms with E-state index in [9.17, 15) is 0 Å². The normalized spacial score (nSPS) is 20.3. The Kier molecular flexibility index (Phi) is 4.69. The van der Waals surface area contributed by atoms with Gasteiger partial charge in [-0.05, 0) is 24.8 Å². The largest absolute Gasteiger partial charge is 0.348 e. The zero-order valence-electron chi connectivity index (χ0n) is 14.7. The van der Waals surface area contributed by atoms with Crippen molar-refractivity contribution in [3.05, 3.63) is 10.6 Å². The van der Waals surface area contributed by atoms with Gasteiger partial charge in [0.1, 0.15) is 0 Å². The summed E-state index contributed by atoms with van der Waals surface area (Å²) in [7, 11) is 2.01. The molecule has 0 bridgehead atoms. The first-order chi connectivity index (χ1) is 9.63. The van der Waals surface area contributed by atoms with E-state index in [2.05, 4.69) is 51.8 Å². The third-order valence-corrected chi connectivity index (χ3v) is 5.53. The summed E-state index contributed by atoms with van der Waals surface area (Å²) in [6.07, 6.45) is 1.29. The van der Waals surface area contributed by atoms with Gasteiger partial charge in [0.05, 0.1) is 5.69 Å². The van der Waals surface area contributed by atoms with Gasteiger partial charge in [0.2, 0.25) is 0 Å². The molecule has 1 saturated heterocycles. The molecule has 3 nitrogen and oxygen atoms in total. The molecule has 21 heavy (non-hydrogen) atoms. The maximum absolute atomic E-state index is 5.00. The fourth-order valence-electron chi connectivity index (χ4n) is 2.98. The highest BCUT2D eigenvalue weighted by Crippen LogP contribution is 2.39. The molecule has 120 valence electrons. The highest BCUT2D eigenvalue weighted by molar-refractivity contribution is 7.15. The first-order valence-electron chi connectivity index (χ1n) is 8.02. The van der Waals surface area contributed by atoms with Crippen LogP contribution in [-0.2, 0) is 12.0 Å². The molecule has 1 N–H and O–H groups in total. The second-order valence-corrected chi connectivity index (χ2v) is 9.41. The van der Waals surface area contributed by atoms with Crippen LogP contribution < -0.4 is 10.2 Å². The Labute approximate surface area is 134 Å². The Hall–Kier alpha value is -0.610. The number of thiazole rings is 1. The van der Waals surface area contributed by atoms with E-state index in [0.717, 1.165) is 25.6 Å². The summed E-state index contributed by atoms with van der Waals surface area (Å²) >= 11 is 1.87. The van der Waals surface area contributed by atoms with E-state index in [4.69, 9.17) is 4.98 Å². The minimum atomic E-state index is 0.115. The molecule has 0 amide bonds. The Balaban J connectivity index is 2.22. The molecular formula is C17H31N3S. The van der Waals surface area contributed by atoms with Gasteiger partial charge in [-0.15, -0.1) is 11.3 Å². The molecule has 1 fully saturated rings. The lowest BCUT2D eigenvalue weighted by Crippen LogP contribution is -2.25. The van der Waals surface area contributed by atoms with Crippen LogP contribution in [0.15, 0.2) is 0 Å². The molecule has 1 aromatic heterocycles. The van der Waals surface area contributed by atoms with Crippen LogP contribution in [0.4, 0.5) is 5.13 Å². The summed E-state index contributed by atoms with van der Waals surface area (Å²) in [5, 5.41) is 4.50. The molecule has 1 unspecified atom stereocenters. The molecule has 1 aliphatic rings. The Morgan fingerprint density at radius 1 is 1.24 bits per heavy atom. The Bertz CT molecular complexity index is 479. The number of hydrogen-bond donors (Lipinski definition) is 1. The SMILES string of the molecule is CNCc1sc(N2CCC(C(C)(C)C)C2)nc1C(C)(C)C. The summed E-state index contributed by atoms with van der Waals surface area (Å²) in [5.74, 6) is 0.771. The second-order valence-electron chi connectivity index (χ2n) is 8.35. The maximum Gasteiger partial charge on any atom is 0.185 e. The summed E-state index contributed by atoms with van der Waals surface area (Å²) in [6, 6.07) is 0. The van der Waals surface area contributed by atoms with Crippen molar-refractivity contribution in [1.82, 2.24) is 10.3 Å². The van der Waals surface area contributed by atoms with Crippen LogP contribution in [-0.4, -0.2) is 25.1 Å². The maximum atomic E-state index is 5.00. The van der Waals surface area contributed by atoms with E-state index in [1.54, 1.807) is 0 Å². The van der Waals surface area contributed by atoms with Gasteiger partial charge >= 0.3 is 0 Å². The number of hydrogen-bond acceptors (Lipinski definition) is 4. The smallest absolute Gasteiger partial charge is 0.185 e. The van der Waals surface area contributed by atoms with Gasteiger partial charge < -0.3 is 10.2 Å². The van der Waals surface area contributed by atoms with Gasteiger partial charge in [-0.3, -0.25) is 0 Å². The van der Waals surface area contributed by atoms with Gasteiger partial charge in [-0.1, -0.05) is 41.5 Å². The number of rotatable bonds is 3. The molecule has 2 rings (SSSR count). The van der Waals surface area contributed by atoms with Crippen LogP contribution in [0.25, 0.3) is 0 Å². The highest BCUT2D eigenvalue weighted by Gasteiger charge is 2.34. The Morgan fingerprint density at radius 2 is 1.90 bits per heavy atom. The van der Waals surface area contributed by atoms with Gasteiger partial charge in [0.25, 0.3) is 0 Å². The van der Waals surface area contributed by atoms with Gasteiger partial charge in [0, 0.05) is 29.9 Å². The average Bonchev–Trinajstić information content (AvgIpc) is 2.91. The van der Waals surface area contributed by atoms with E-state index >= 15 is 0 Å². The van der Waals surface area contributed by atoms with E-state index in [1.165, 1.54) is 22.1 Å². The van der Waals surface area contributed by atoms with E-state index in [0.29, 0.717) is 5.41 Å². The van der Waals surface area contributed by atoms with Crippen molar-refractivity contribution < 1.29 is 0 Å². The summed E-state index contributed by atoms with van der Waals surface area (Å²) in [5.41, 5.74) is 1.77. The van der Waals surface area contributed by atoms with E-state index < -0.39 is 0 Å². The van der Waals surface area contributed by atoms with Crippen LogP contribution in [0.5, 0.6) is 0 Å². The third kappa shape index (κ3) is 3.78. The van der Waals surface area contributed by atoms with E-state index in [1.807, 2.05) is 18.4 Å². The van der Waals surface area contributed by atoms with Crippen molar-refractivity contribution in [2.24, 2.45) is 11.3 Å². The van der Waals surface area contributed by atoms with E-state index in [-0.39, 0.29) is 5.41 Å². The summed E-state index contributed by atoms with van der Waals surface area (Å²) < 4.78 is 0. The van der Waals surface area contributed by atoms with Crippen molar-refractivity contribution in [3.8, 4) is 0 Å². The predicted molar refractivity (Wildman–Crippen MR) is 93.4 cm³/mol. The average molecular weight is 310 g/mol. The molecule has 2 heterocycles. The summed E-state index contributed by atoms with van der Waals surface area (Å²) in [6.45, 7) is 17.1. The molecule has 0 radical (unpaired) electrons. The van der Waals surface area contributed by atoms with Crippen LogP contribution >= 0.6 is 11.3 Å². The minimum Gasteiger partial charge on any atom is -0.348 e. The predicted octanol–water partition coefficient (Wildman–Crippen LogP) is 4.03. The molecule has 0 spiro atoms. The van der Waals surface area contributed by atoms with Crippen molar-refractivity contribution >= 4 is 16.5 Å². The van der Waals surface area contributed by atoms with Gasteiger partial charge in [0.15, 0.2) is 5.13 Å². The quantitative estimate of drug-likeness (QED) is 0.913. The number of nitrogens with zero attached hydrogens (tertiary/aromatic N) is 2. The second kappa shape index (κ2) is 5.88. The van der Waals surface area contributed by atoms with Crippen LogP contribution in [0.3, 0.4) is 0 Å². The molecule has 1 aliphatic heterocycles. The van der Waals surface area contributed by atoms with Crippen LogP contribution in [0, 0.1) is 11.3 Å². The van der Waals surface area contributed by atoms with Crippen molar-refractivity contribution in [3.63, 3.8) is 0 Å². The monoisotopic (exact) mass is 309 g/mol. The molecular weight excluding hydrogens is 278 g/mol. The Morgan fingerprint density at radius 3 is 2.38 bits per heavy atom. The molecule has 0 aromatic carbocycles. The van der Waals surface area contributed by atoms with Crippen LogP contribution in [0.2, 0.25) is 0 Å². The number of aromatic nitrogens is 1. The number of anilines is 1. The topological polar surface area (TPSA) is 28.2 Å². The molecule has 1 aromatic rings. The molecule has 4 heteroatoms. The lowest BCUT2D eigenvalue weighted by Gasteiger charge is -2.26. The molecule has 1 atom stereocenters. The lowest BCUT2D eigenvalue weighted by atomic mass is 9.80. The first-order valence-corrected chi connectivity index (χ1v) is 8.84.